The second-order valence-electron chi connectivity index (χ2n) is 5.29. The summed E-state index contributed by atoms with van der Waals surface area (Å²) < 4.78 is 24.2. The average molecular weight is 301 g/mol. The predicted molar refractivity (Wildman–Crippen MR) is 80.5 cm³/mol. The molecular formula is C15H21ClO2S. The third kappa shape index (κ3) is 3.51. The van der Waals surface area contributed by atoms with E-state index in [0.717, 1.165) is 31.2 Å². The van der Waals surface area contributed by atoms with Crippen molar-refractivity contribution in [2.45, 2.75) is 49.7 Å². The zero-order valence-corrected chi connectivity index (χ0v) is 12.9. The van der Waals surface area contributed by atoms with Crippen LogP contribution < -0.4 is 0 Å². The first-order valence-electron chi connectivity index (χ1n) is 6.99. The van der Waals surface area contributed by atoms with Crippen molar-refractivity contribution in [1.29, 1.82) is 0 Å². The molecule has 106 valence electrons. The maximum absolute atomic E-state index is 12.1. The van der Waals surface area contributed by atoms with E-state index in [0.29, 0.717) is 6.42 Å². The standard InChI is InChI=1S/C15H21ClO2S/c1-2-5-12-7-9-13(10-8-12)15(16)14-6-3-4-11-19(14,17)18/h7-10,14-15H,2-6,11H2,1H3. The van der Waals surface area contributed by atoms with Gasteiger partial charge in [0.2, 0.25) is 0 Å². The summed E-state index contributed by atoms with van der Waals surface area (Å²) in [4.78, 5) is 0. The molecule has 2 rings (SSSR count). The fourth-order valence-electron chi connectivity index (χ4n) is 2.68. The average Bonchev–Trinajstić information content (AvgIpc) is 2.39. The van der Waals surface area contributed by atoms with Crippen molar-refractivity contribution >= 4 is 21.4 Å². The van der Waals surface area contributed by atoms with E-state index in [2.05, 4.69) is 19.1 Å². The van der Waals surface area contributed by atoms with Crippen LogP contribution in [0.1, 0.15) is 49.1 Å². The molecule has 0 spiro atoms. The molecule has 1 aliphatic heterocycles. The molecule has 4 heteroatoms. The SMILES string of the molecule is CCCc1ccc(C(Cl)C2CCCCS2(=O)=O)cc1. The Labute approximate surface area is 121 Å². The summed E-state index contributed by atoms with van der Waals surface area (Å²) in [6.45, 7) is 2.15. The lowest BCUT2D eigenvalue weighted by Gasteiger charge is -2.26. The smallest absolute Gasteiger partial charge is 0.154 e. The van der Waals surface area contributed by atoms with E-state index in [-0.39, 0.29) is 5.75 Å². The zero-order chi connectivity index (χ0) is 13.9. The Kier molecular flexibility index (Phi) is 4.91. The summed E-state index contributed by atoms with van der Waals surface area (Å²) in [5.41, 5.74) is 2.21. The van der Waals surface area contributed by atoms with Gasteiger partial charge in [0.25, 0.3) is 0 Å². The number of hydrogen-bond donors (Lipinski definition) is 0. The molecule has 19 heavy (non-hydrogen) atoms. The van der Waals surface area contributed by atoms with E-state index in [1.54, 1.807) is 0 Å². The number of alkyl halides is 1. The molecule has 0 aliphatic carbocycles. The van der Waals surface area contributed by atoms with Gasteiger partial charge in [-0.05, 0) is 30.4 Å². The molecule has 1 saturated heterocycles. The van der Waals surface area contributed by atoms with Crippen molar-refractivity contribution in [2.24, 2.45) is 0 Å². The maximum Gasteiger partial charge on any atom is 0.154 e. The van der Waals surface area contributed by atoms with E-state index < -0.39 is 20.5 Å². The van der Waals surface area contributed by atoms with Crippen molar-refractivity contribution in [3.05, 3.63) is 35.4 Å². The molecule has 1 aromatic rings. The van der Waals surface area contributed by atoms with Crippen molar-refractivity contribution in [3.8, 4) is 0 Å². The topological polar surface area (TPSA) is 34.1 Å². The predicted octanol–water partition coefficient (Wildman–Crippen LogP) is 3.89. The minimum atomic E-state index is -3.02. The van der Waals surface area contributed by atoms with E-state index >= 15 is 0 Å². The van der Waals surface area contributed by atoms with Gasteiger partial charge in [0.1, 0.15) is 0 Å². The highest BCUT2D eigenvalue weighted by Gasteiger charge is 2.35. The first kappa shape index (κ1) is 14.9. The van der Waals surface area contributed by atoms with Crippen LogP contribution in [-0.2, 0) is 16.3 Å². The number of hydrogen-bond acceptors (Lipinski definition) is 2. The lowest BCUT2D eigenvalue weighted by atomic mass is 10.0. The summed E-state index contributed by atoms with van der Waals surface area (Å²) in [7, 11) is -3.02. The number of aryl methyl sites for hydroxylation is 1. The molecule has 1 aromatic carbocycles. The van der Waals surface area contributed by atoms with E-state index in [1.807, 2.05) is 12.1 Å². The Bertz CT molecular complexity index is 507. The van der Waals surface area contributed by atoms with Gasteiger partial charge in [-0.1, -0.05) is 44.0 Å². The summed E-state index contributed by atoms with van der Waals surface area (Å²) in [5, 5.41) is -0.832. The monoisotopic (exact) mass is 300 g/mol. The molecular weight excluding hydrogens is 280 g/mol. The van der Waals surface area contributed by atoms with Crippen molar-refractivity contribution in [2.75, 3.05) is 5.75 Å². The van der Waals surface area contributed by atoms with Gasteiger partial charge in [0, 0.05) is 0 Å². The summed E-state index contributed by atoms with van der Waals surface area (Å²) in [6, 6.07) is 8.08. The highest BCUT2D eigenvalue weighted by Crippen LogP contribution is 2.35. The van der Waals surface area contributed by atoms with Gasteiger partial charge in [-0.25, -0.2) is 8.42 Å². The van der Waals surface area contributed by atoms with Crippen molar-refractivity contribution in [1.82, 2.24) is 0 Å². The minimum absolute atomic E-state index is 0.287. The zero-order valence-electron chi connectivity index (χ0n) is 11.3. The van der Waals surface area contributed by atoms with E-state index in [1.165, 1.54) is 5.56 Å². The molecule has 0 N–H and O–H groups in total. The number of halogens is 1. The number of sulfone groups is 1. The number of rotatable bonds is 4. The molecule has 0 amide bonds. The highest BCUT2D eigenvalue weighted by atomic mass is 35.5. The quantitative estimate of drug-likeness (QED) is 0.791. The molecule has 1 fully saturated rings. The van der Waals surface area contributed by atoms with Crippen LogP contribution in [0, 0.1) is 0 Å². The Morgan fingerprint density at radius 2 is 1.95 bits per heavy atom. The van der Waals surface area contributed by atoms with Crippen molar-refractivity contribution < 1.29 is 8.42 Å². The fourth-order valence-corrected chi connectivity index (χ4v) is 5.38. The largest absolute Gasteiger partial charge is 0.228 e. The van der Waals surface area contributed by atoms with Gasteiger partial charge in [0.15, 0.2) is 9.84 Å². The molecule has 2 nitrogen and oxygen atoms in total. The van der Waals surface area contributed by atoms with E-state index in [4.69, 9.17) is 11.6 Å². The van der Waals surface area contributed by atoms with Gasteiger partial charge in [-0.2, -0.15) is 0 Å². The van der Waals surface area contributed by atoms with Crippen LogP contribution in [0.25, 0.3) is 0 Å². The second kappa shape index (κ2) is 6.27. The Morgan fingerprint density at radius 1 is 1.26 bits per heavy atom. The molecule has 1 heterocycles. The van der Waals surface area contributed by atoms with E-state index in [9.17, 15) is 8.42 Å². The Balaban J connectivity index is 2.16. The third-order valence-electron chi connectivity index (χ3n) is 3.79. The van der Waals surface area contributed by atoms with Gasteiger partial charge in [-0.15, -0.1) is 11.6 Å². The molecule has 0 bridgehead atoms. The first-order valence-corrected chi connectivity index (χ1v) is 9.14. The van der Waals surface area contributed by atoms with Crippen LogP contribution >= 0.6 is 11.6 Å². The van der Waals surface area contributed by atoms with Crippen LogP contribution in [-0.4, -0.2) is 19.4 Å². The summed E-state index contributed by atoms with van der Waals surface area (Å²) in [6.07, 6.45) is 4.59. The van der Waals surface area contributed by atoms with Crippen LogP contribution in [0.2, 0.25) is 0 Å². The van der Waals surface area contributed by atoms with Gasteiger partial charge >= 0.3 is 0 Å². The maximum atomic E-state index is 12.1. The van der Waals surface area contributed by atoms with Gasteiger partial charge in [-0.3, -0.25) is 0 Å². The Morgan fingerprint density at radius 3 is 2.53 bits per heavy atom. The molecule has 0 saturated carbocycles. The highest BCUT2D eigenvalue weighted by molar-refractivity contribution is 7.92. The lowest BCUT2D eigenvalue weighted by Crippen LogP contribution is -2.31. The molecule has 2 atom stereocenters. The van der Waals surface area contributed by atoms with Gasteiger partial charge < -0.3 is 0 Å². The van der Waals surface area contributed by atoms with Crippen LogP contribution in [0.5, 0.6) is 0 Å². The molecule has 0 radical (unpaired) electrons. The lowest BCUT2D eigenvalue weighted by molar-refractivity contribution is 0.534. The van der Waals surface area contributed by atoms with Crippen LogP contribution in [0.15, 0.2) is 24.3 Å². The van der Waals surface area contributed by atoms with Gasteiger partial charge in [0.05, 0.1) is 16.4 Å². The first-order chi connectivity index (χ1) is 9.04. The van der Waals surface area contributed by atoms with Crippen LogP contribution in [0.4, 0.5) is 0 Å². The van der Waals surface area contributed by atoms with Crippen LogP contribution in [0.3, 0.4) is 0 Å². The number of benzene rings is 1. The third-order valence-corrected chi connectivity index (χ3v) is 6.79. The molecule has 2 unspecified atom stereocenters. The molecule has 1 aliphatic rings. The fraction of sp³-hybridized carbons (Fsp3) is 0.600. The second-order valence-corrected chi connectivity index (χ2v) is 8.10. The Hall–Kier alpha value is -0.540. The van der Waals surface area contributed by atoms with Crippen molar-refractivity contribution in [3.63, 3.8) is 0 Å². The molecule has 0 aromatic heterocycles. The minimum Gasteiger partial charge on any atom is -0.228 e. The summed E-state index contributed by atoms with van der Waals surface area (Å²) >= 11 is 6.42. The summed E-state index contributed by atoms with van der Waals surface area (Å²) in [5.74, 6) is 0.287. The normalized spacial score (nSPS) is 24.0.